The molecule has 1 aliphatic heterocycles. The van der Waals surface area contributed by atoms with E-state index in [1.54, 1.807) is 18.5 Å². The summed E-state index contributed by atoms with van der Waals surface area (Å²) in [7, 11) is 0. The maximum atomic E-state index is 12.9. The summed E-state index contributed by atoms with van der Waals surface area (Å²) in [5, 5.41) is 7.15. The number of benzene rings is 1. The summed E-state index contributed by atoms with van der Waals surface area (Å²) >= 11 is 0. The molecular formula is C24H23N7O2. The number of fused-ring (bicyclic) bond motifs is 1. The molecule has 4 heterocycles. The highest BCUT2D eigenvalue weighted by Crippen LogP contribution is 2.27. The maximum Gasteiger partial charge on any atom is 0.255 e. The first kappa shape index (κ1) is 20.8. The Morgan fingerprint density at radius 3 is 2.76 bits per heavy atom. The van der Waals surface area contributed by atoms with Crippen LogP contribution in [0.5, 0.6) is 0 Å². The van der Waals surface area contributed by atoms with E-state index in [4.69, 9.17) is 4.74 Å². The van der Waals surface area contributed by atoms with Gasteiger partial charge in [0.2, 0.25) is 0 Å². The zero-order valence-corrected chi connectivity index (χ0v) is 18.2. The molecule has 1 fully saturated rings. The van der Waals surface area contributed by atoms with E-state index in [2.05, 4.69) is 35.5 Å². The Kier molecular flexibility index (Phi) is 5.77. The fourth-order valence-electron chi connectivity index (χ4n) is 3.69. The van der Waals surface area contributed by atoms with E-state index in [0.29, 0.717) is 35.9 Å². The van der Waals surface area contributed by atoms with Crippen molar-refractivity contribution in [1.82, 2.24) is 19.9 Å². The lowest BCUT2D eigenvalue weighted by Crippen LogP contribution is -2.36. The van der Waals surface area contributed by atoms with Crippen molar-refractivity contribution in [3.05, 3.63) is 72.3 Å². The Hall–Kier alpha value is -4.11. The Labute approximate surface area is 190 Å². The van der Waals surface area contributed by atoms with Gasteiger partial charge in [-0.25, -0.2) is 19.9 Å². The summed E-state index contributed by atoms with van der Waals surface area (Å²) in [5.74, 6) is 1.24. The molecule has 5 rings (SSSR count). The molecule has 0 saturated carbocycles. The first-order valence-electron chi connectivity index (χ1n) is 10.7. The van der Waals surface area contributed by atoms with Crippen molar-refractivity contribution in [1.29, 1.82) is 0 Å². The van der Waals surface area contributed by atoms with Gasteiger partial charge in [-0.1, -0.05) is 6.07 Å². The summed E-state index contributed by atoms with van der Waals surface area (Å²) in [4.78, 5) is 32.3. The van der Waals surface area contributed by atoms with Gasteiger partial charge in [-0.3, -0.25) is 4.79 Å². The number of rotatable bonds is 5. The molecule has 0 spiro atoms. The minimum absolute atomic E-state index is 0.196. The fraction of sp³-hybridized carbons (Fsp3) is 0.208. The van der Waals surface area contributed by atoms with Crippen LogP contribution in [0.3, 0.4) is 0 Å². The predicted molar refractivity (Wildman–Crippen MR) is 127 cm³/mol. The molecule has 0 atom stereocenters. The van der Waals surface area contributed by atoms with Crippen LogP contribution in [0.2, 0.25) is 0 Å². The number of ether oxygens (including phenoxy) is 1. The summed E-state index contributed by atoms with van der Waals surface area (Å²) in [6.45, 7) is 4.84. The molecule has 0 bridgehead atoms. The lowest BCUT2D eigenvalue weighted by Gasteiger charge is -2.27. The first-order valence-corrected chi connectivity index (χ1v) is 10.7. The van der Waals surface area contributed by atoms with Gasteiger partial charge in [0.1, 0.15) is 18.0 Å². The summed E-state index contributed by atoms with van der Waals surface area (Å²) < 4.78 is 5.40. The molecule has 1 aromatic carbocycles. The number of nitrogens with zero attached hydrogens (tertiary/aromatic N) is 5. The summed E-state index contributed by atoms with van der Waals surface area (Å²) in [5.41, 5.74) is 3.69. The SMILES string of the molecule is Cc1ccc(NC(=O)c2ccnc(N3CCOCC3)c2)cc1Nc1ncnc2ncccc12. The van der Waals surface area contributed by atoms with Crippen molar-refractivity contribution in [3.63, 3.8) is 0 Å². The van der Waals surface area contributed by atoms with Crippen LogP contribution >= 0.6 is 0 Å². The van der Waals surface area contributed by atoms with Gasteiger partial charge in [0.05, 0.1) is 18.6 Å². The Morgan fingerprint density at radius 2 is 1.88 bits per heavy atom. The average molecular weight is 441 g/mol. The number of nitrogens with one attached hydrogen (secondary N) is 2. The van der Waals surface area contributed by atoms with Crippen molar-refractivity contribution in [2.24, 2.45) is 0 Å². The van der Waals surface area contributed by atoms with Gasteiger partial charge in [-0.2, -0.15) is 0 Å². The van der Waals surface area contributed by atoms with Crippen molar-refractivity contribution in [3.8, 4) is 0 Å². The Balaban J connectivity index is 1.35. The first-order chi connectivity index (χ1) is 16.2. The zero-order chi connectivity index (χ0) is 22.6. The van der Waals surface area contributed by atoms with E-state index >= 15 is 0 Å². The van der Waals surface area contributed by atoms with Gasteiger partial charge < -0.3 is 20.3 Å². The van der Waals surface area contributed by atoms with E-state index in [1.165, 1.54) is 6.33 Å². The lowest BCUT2D eigenvalue weighted by atomic mass is 10.1. The Bertz CT molecular complexity index is 1300. The van der Waals surface area contributed by atoms with Crippen LogP contribution in [-0.2, 0) is 4.74 Å². The molecule has 33 heavy (non-hydrogen) atoms. The van der Waals surface area contributed by atoms with Gasteiger partial charge in [-0.05, 0) is 48.9 Å². The van der Waals surface area contributed by atoms with E-state index in [1.807, 2.05) is 43.3 Å². The number of anilines is 4. The molecule has 4 aromatic rings. The van der Waals surface area contributed by atoms with E-state index in [0.717, 1.165) is 35.5 Å². The molecule has 166 valence electrons. The zero-order valence-electron chi connectivity index (χ0n) is 18.2. The molecule has 1 aliphatic rings. The molecule has 0 radical (unpaired) electrons. The molecule has 1 amide bonds. The average Bonchev–Trinajstić information content (AvgIpc) is 2.87. The molecule has 0 unspecified atom stereocenters. The van der Waals surface area contributed by atoms with E-state index < -0.39 is 0 Å². The van der Waals surface area contributed by atoms with Crippen LogP contribution < -0.4 is 15.5 Å². The van der Waals surface area contributed by atoms with Crippen molar-refractivity contribution in [2.75, 3.05) is 41.8 Å². The predicted octanol–water partition coefficient (Wildman–Crippen LogP) is 3.56. The van der Waals surface area contributed by atoms with Crippen molar-refractivity contribution < 1.29 is 9.53 Å². The number of carbonyl (C=O) groups excluding carboxylic acids is 1. The van der Waals surface area contributed by atoms with Crippen LogP contribution in [0.15, 0.2) is 61.2 Å². The molecule has 3 aromatic heterocycles. The second-order valence-electron chi connectivity index (χ2n) is 7.71. The fourth-order valence-corrected chi connectivity index (χ4v) is 3.69. The number of morpholine rings is 1. The van der Waals surface area contributed by atoms with Gasteiger partial charge in [0.15, 0.2) is 5.65 Å². The normalized spacial score (nSPS) is 13.7. The molecule has 9 heteroatoms. The number of aryl methyl sites for hydroxylation is 1. The van der Waals surface area contributed by atoms with E-state index in [9.17, 15) is 4.79 Å². The van der Waals surface area contributed by atoms with Gasteiger partial charge in [0, 0.05) is 42.4 Å². The third kappa shape index (κ3) is 4.58. The van der Waals surface area contributed by atoms with Gasteiger partial charge in [0.25, 0.3) is 5.91 Å². The van der Waals surface area contributed by atoms with Crippen molar-refractivity contribution in [2.45, 2.75) is 6.92 Å². The number of hydrogen-bond donors (Lipinski definition) is 2. The Morgan fingerprint density at radius 1 is 1.00 bits per heavy atom. The number of amides is 1. The number of aromatic nitrogens is 4. The van der Waals surface area contributed by atoms with Gasteiger partial charge >= 0.3 is 0 Å². The monoisotopic (exact) mass is 441 g/mol. The number of pyridine rings is 2. The second-order valence-corrected chi connectivity index (χ2v) is 7.71. The summed E-state index contributed by atoms with van der Waals surface area (Å²) in [6.07, 6.45) is 4.84. The highest BCUT2D eigenvalue weighted by atomic mass is 16.5. The topological polar surface area (TPSA) is 105 Å². The summed E-state index contributed by atoms with van der Waals surface area (Å²) in [6, 6.07) is 13.0. The number of hydrogen-bond acceptors (Lipinski definition) is 8. The van der Waals surface area contributed by atoms with Crippen LogP contribution in [0, 0.1) is 6.92 Å². The van der Waals surface area contributed by atoms with E-state index in [-0.39, 0.29) is 5.91 Å². The lowest BCUT2D eigenvalue weighted by molar-refractivity contribution is 0.102. The smallest absolute Gasteiger partial charge is 0.255 e. The molecule has 0 aliphatic carbocycles. The second kappa shape index (κ2) is 9.17. The number of carbonyl (C=O) groups is 1. The third-order valence-corrected chi connectivity index (χ3v) is 5.50. The molecule has 9 nitrogen and oxygen atoms in total. The van der Waals surface area contributed by atoms with Crippen LogP contribution in [-0.4, -0.2) is 52.1 Å². The van der Waals surface area contributed by atoms with Crippen LogP contribution in [0.1, 0.15) is 15.9 Å². The highest BCUT2D eigenvalue weighted by molar-refractivity contribution is 6.05. The minimum atomic E-state index is -0.196. The third-order valence-electron chi connectivity index (χ3n) is 5.50. The van der Waals surface area contributed by atoms with Crippen LogP contribution in [0.25, 0.3) is 11.0 Å². The minimum Gasteiger partial charge on any atom is -0.378 e. The largest absolute Gasteiger partial charge is 0.378 e. The maximum absolute atomic E-state index is 12.9. The van der Waals surface area contributed by atoms with Crippen LogP contribution in [0.4, 0.5) is 23.0 Å². The highest BCUT2D eigenvalue weighted by Gasteiger charge is 2.15. The van der Waals surface area contributed by atoms with Gasteiger partial charge in [-0.15, -0.1) is 0 Å². The molecule has 1 saturated heterocycles. The molecule has 2 N–H and O–H groups in total. The van der Waals surface area contributed by atoms with Crippen molar-refractivity contribution >= 4 is 40.0 Å². The molecular weight excluding hydrogens is 418 g/mol. The standard InChI is InChI=1S/C24H23N7O2/c1-16-4-5-18(14-20(16)30-23-19-3-2-7-26-22(19)27-15-28-23)29-24(32)17-6-8-25-21(13-17)31-9-11-33-12-10-31/h2-8,13-15H,9-12H2,1H3,(H,29,32)(H,26,27,28,30). The quantitative estimate of drug-likeness (QED) is 0.484.